The molecule has 2 aromatic rings. The minimum atomic E-state index is -0.909. The van der Waals surface area contributed by atoms with Crippen molar-refractivity contribution in [2.45, 2.75) is 77.4 Å². The van der Waals surface area contributed by atoms with Crippen LogP contribution in [0.2, 0.25) is 0 Å². The molecule has 0 amide bonds. The van der Waals surface area contributed by atoms with Gasteiger partial charge in [-0.25, -0.2) is 9.59 Å². The second-order valence-electron chi connectivity index (χ2n) is 12.3. The summed E-state index contributed by atoms with van der Waals surface area (Å²) in [4.78, 5) is 52.2. The lowest BCUT2D eigenvalue weighted by molar-refractivity contribution is -0.0527. The van der Waals surface area contributed by atoms with E-state index in [1.54, 1.807) is 48.5 Å². The van der Waals surface area contributed by atoms with Crippen LogP contribution in [0.4, 0.5) is 0 Å². The Kier molecular flexibility index (Phi) is 10.3. The van der Waals surface area contributed by atoms with Crippen LogP contribution in [-0.2, 0) is 9.47 Å². The van der Waals surface area contributed by atoms with Crippen molar-refractivity contribution in [3.63, 3.8) is 0 Å². The van der Waals surface area contributed by atoms with Crippen molar-refractivity contribution in [2.24, 2.45) is 11.8 Å². The third-order valence-corrected chi connectivity index (χ3v) is 9.01. The SMILES string of the molecule is CC(=O)c1cccc(C(=O)OC(C)(CCC(=O)c2ccccc2C(=O)OC(C)(C)C2CCNCC2)C2CCNCC2)c1. The van der Waals surface area contributed by atoms with Crippen molar-refractivity contribution in [1.29, 1.82) is 0 Å². The van der Waals surface area contributed by atoms with Gasteiger partial charge in [0.05, 0.1) is 11.1 Å². The number of hydrogen-bond donors (Lipinski definition) is 2. The molecule has 0 aromatic heterocycles. The van der Waals surface area contributed by atoms with E-state index in [0.717, 1.165) is 51.9 Å². The topological polar surface area (TPSA) is 111 Å². The predicted molar refractivity (Wildman–Crippen MR) is 161 cm³/mol. The van der Waals surface area contributed by atoms with E-state index < -0.39 is 23.1 Å². The minimum absolute atomic E-state index is 0.0532. The number of Topliss-reactive ketones (excluding diaryl/α,β-unsaturated/α-hetero) is 2. The Balaban J connectivity index is 1.50. The normalized spacial score (nSPS) is 18.1. The first-order valence-corrected chi connectivity index (χ1v) is 15.1. The van der Waals surface area contributed by atoms with Crippen LogP contribution in [0.3, 0.4) is 0 Å². The van der Waals surface area contributed by atoms with Crippen LogP contribution in [0.5, 0.6) is 0 Å². The van der Waals surface area contributed by atoms with E-state index >= 15 is 0 Å². The summed E-state index contributed by atoms with van der Waals surface area (Å²) in [5.74, 6) is -1.06. The number of esters is 2. The number of benzene rings is 2. The fourth-order valence-corrected chi connectivity index (χ4v) is 6.20. The number of rotatable bonds is 11. The summed E-state index contributed by atoms with van der Waals surface area (Å²) in [6.07, 6.45) is 3.86. The Morgan fingerprint density at radius 1 is 0.738 bits per heavy atom. The van der Waals surface area contributed by atoms with Crippen molar-refractivity contribution in [3.8, 4) is 0 Å². The van der Waals surface area contributed by atoms with Gasteiger partial charge in [-0.2, -0.15) is 0 Å². The number of nitrogens with one attached hydrogen (secondary N) is 2. The first-order chi connectivity index (χ1) is 20.0. The molecule has 8 nitrogen and oxygen atoms in total. The van der Waals surface area contributed by atoms with Crippen LogP contribution in [-0.4, -0.2) is 60.9 Å². The molecule has 0 spiro atoms. The highest BCUT2D eigenvalue weighted by atomic mass is 16.6. The maximum Gasteiger partial charge on any atom is 0.339 e. The lowest BCUT2D eigenvalue weighted by Crippen LogP contribution is -2.45. The maximum atomic E-state index is 13.6. The van der Waals surface area contributed by atoms with Crippen molar-refractivity contribution < 1.29 is 28.7 Å². The molecule has 2 aliphatic rings. The summed E-state index contributed by atoms with van der Waals surface area (Å²) in [5.41, 5.74) is -0.249. The van der Waals surface area contributed by atoms with Gasteiger partial charge in [0.25, 0.3) is 0 Å². The van der Waals surface area contributed by atoms with Crippen molar-refractivity contribution in [3.05, 3.63) is 70.8 Å². The van der Waals surface area contributed by atoms with Gasteiger partial charge < -0.3 is 20.1 Å². The van der Waals surface area contributed by atoms with Crippen LogP contribution in [0, 0.1) is 11.8 Å². The molecular formula is C34H44N2O6. The molecule has 2 heterocycles. The number of hydrogen-bond acceptors (Lipinski definition) is 8. The first-order valence-electron chi connectivity index (χ1n) is 15.1. The zero-order valence-corrected chi connectivity index (χ0v) is 25.3. The van der Waals surface area contributed by atoms with Gasteiger partial charge in [-0.1, -0.05) is 30.3 Å². The molecule has 1 atom stereocenters. The van der Waals surface area contributed by atoms with E-state index in [0.29, 0.717) is 23.1 Å². The highest BCUT2D eigenvalue weighted by molar-refractivity contribution is 6.06. The summed E-state index contributed by atoms with van der Waals surface area (Å²) >= 11 is 0. The lowest BCUT2D eigenvalue weighted by atomic mass is 9.78. The van der Waals surface area contributed by atoms with Crippen molar-refractivity contribution in [1.82, 2.24) is 10.6 Å². The molecular weight excluding hydrogens is 532 g/mol. The molecule has 2 saturated heterocycles. The number of ketones is 2. The summed E-state index contributed by atoms with van der Waals surface area (Å²) in [7, 11) is 0. The third kappa shape index (κ3) is 7.72. The van der Waals surface area contributed by atoms with Crippen LogP contribution >= 0.6 is 0 Å². The lowest BCUT2D eigenvalue weighted by Gasteiger charge is -2.39. The Bertz CT molecular complexity index is 1290. The molecule has 0 saturated carbocycles. The fourth-order valence-electron chi connectivity index (χ4n) is 6.20. The molecule has 2 aromatic carbocycles. The van der Waals surface area contributed by atoms with Gasteiger partial charge in [-0.05, 0) is 104 Å². The molecule has 42 heavy (non-hydrogen) atoms. The second kappa shape index (κ2) is 13.7. The molecule has 1 unspecified atom stereocenters. The van der Waals surface area contributed by atoms with Gasteiger partial charge in [-0.3, -0.25) is 9.59 Å². The minimum Gasteiger partial charge on any atom is -0.456 e. The molecule has 8 heteroatoms. The molecule has 0 aliphatic carbocycles. The van der Waals surface area contributed by atoms with E-state index in [-0.39, 0.29) is 35.4 Å². The number of piperidine rings is 2. The first kappa shape index (κ1) is 31.6. The average molecular weight is 577 g/mol. The van der Waals surface area contributed by atoms with Crippen LogP contribution < -0.4 is 10.6 Å². The standard InChI is InChI=1S/C34H44N2O6/c1-23(37)24-8-7-9-25(22-24)31(39)42-34(4,27-15-20-36-21-16-27)17-12-30(38)28-10-5-6-11-29(28)32(40)41-33(2,3)26-13-18-35-19-14-26/h5-11,22,26-27,35-36H,12-21H2,1-4H3. The summed E-state index contributed by atoms with van der Waals surface area (Å²) in [6.45, 7) is 10.6. The van der Waals surface area contributed by atoms with E-state index in [1.165, 1.54) is 6.92 Å². The van der Waals surface area contributed by atoms with Gasteiger partial charge in [0.1, 0.15) is 11.2 Å². The molecule has 2 N–H and O–H groups in total. The molecule has 4 rings (SSSR count). The smallest absolute Gasteiger partial charge is 0.339 e. The Labute approximate surface area is 248 Å². The van der Waals surface area contributed by atoms with Gasteiger partial charge >= 0.3 is 11.9 Å². The zero-order chi connectivity index (χ0) is 30.3. The quantitative estimate of drug-likeness (QED) is 0.270. The van der Waals surface area contributed by atoms with Crippen molar-refractivity contribution in [2.75, 3.05) is 26.2 Å². The predicted octanol–water partition coefficient (Wildman–Crippen LogP) is 5.40. The molecule has 0 bridgehead atoms. The molecule has 2 fully saturated rings. The summed E-state index contributed by atoms with van der Waals surface area (Å²) in [5, 5.41) is 6.68. The Hall–Kier alpha value is -3.36. The van der Waals surface area contributed by atoms with E-state index in [1.807, 2.05) is 20.8 Å². The van der Waals surface area contributed by atoms with E-state index in [2.05, 4.69) is 10.6 Å². The van der Waals surface area contributed by atoms with Gasteiger partial charge in [0.2, 0.25) is 0 Å². The molecule has 226 valence electrons. The molecule has 2 aliphatic heterocycles. The fraction of sp³-hybridized carbons (Fsp3) is 0.529. The van der Waals surface area contributed by atoms with Crippen LogP contribution in [0.15, 0.2) is 48.5 Å². The van der Waals surface area contributed by atoms with E-state index in [9.17, 15) is 19.2 Å². The van der Waals surface area contributed by atoms with Crippen LogP contribution in [0.1, 0.15) is 108 Å². The Morgan fingerprint density at radius 2 is 1.31 bits per heavy atom. The second-order valence-corrected chi connectivity index (χ2v) is 12.3. The monoisotopic (exact) mass is 576 g/mol. The van der Waals surface area contributed by atoms with Gasteiger partial charge in [0, 0.05) is 29.4 Å². The summed E-state index contributed by atoms with van der Waals surface area (Å²) in [6, 6.07) is 13.3. The highest BCUT2D eigenvalue weighted by Gasteiger charge is 2.40. The maximum absolute atomic E-state index is 13.6. The van der Waals surface area contributed by atoms with Gasteiger partial charge in [0.15, 0.2) is 11.6 Å². The number of ether oxygens (including phenoxy) is 2. The largest absolute Gasteiger partial charge is 0.456 e. The van der Waals surface area contributed by atoms with Crippen molar-refractivity contribution >= 4 is 23.5 Å². The highest BCUT2D eigenvalue weighted by Crippen LogP contribution is 2.35. The summed E-state index contributed by atoms with van der Waals surface area (Å²) < 4.78 is 12.2. The number of carbonyl (C=O) groups excluding carboxylic acids is 4. The molecule has 0 radical (unpaired) electrons. The average Bonchev–Trinajstić information content (AvgIpc) is 3.00. The van der Waals surface area contributed by atoms with E-state index in [4.69, 9.17) is 9.47 Å². The Morgan fingerprint density at radius 3 is 1.93 bits per heavy atom. The number of carbonyl (C=O) groups is 4. The van der Waals surface area contributed by atoms with Crippen LogP contribution in [0.25, 0.3) is 0 Å². The van der Waals surface area contributed by atoms with Gasteiger partial charge in [-0.15, -0.1) is 0 Å². The third-order valence-electron chi connectivity index (χ3n) is 9.01. The zero-order valence-electron chi connectivity index (χ0n) is 25.3.